The van der Waals surface area contributed by atoms with Gasteiger partial charge in [0.05, 0.1) is 31.4 Å². The van der Waals surface area contributed by atoms with Crippen molar-refractivity contribution in [2.75, 3.05) is 20.8 Å². The normalized spacial score (nSPS) is 20.8. The van der Waals surface area contributed by atoms with Gasteiger partial charge >= 0.3 is 17.9 Å². The maximum absolute atomic E-state index is 12.2. The average molecular weight is 560 g/mol. The monoisotopic (exact) mass is 559 g/mol. The lowest BCUT2D eigenvalue weighted by Crippen LogP contribution is -2.55. The van der Waals surface area contributed by atoms with Gasteiger partial charge in [-0.15, -0.1) is 0 Å². The summed E-state index contributed by atoms with van der Waals surface area (Å²) in [6.45, 7) is 3.61. The largest absolute Gasteiger partial charge is 0.497 e. The molecule has 4 rings (SSSR count). The Bertz CT molecular complexity index is 1380. The highest BCUT2D eigenvalue weighted by atomic mass is 35.5. The molecule has 11 heteroatoms. The third-order valence-corrected chi connectivity index (χ3v) is 6.67. The summed E-state index contributed by atoms with van der Waals surface area (Å²) in [7, 11) is 3.17. The summed E-state index contributed by atoms with van der Waals surface area (Å²) in [6.07, 6.45) is -1.80. The molecule has 1 aliphatic heterocycles. The maximum atomic E-state index is 12.2. The van der Waals surface area contributed by atoms with E-state index in [-0.39, 0.29) is 6.61 Å². The lowest BCUT2D eigenvalue weighted by molar-refractivity contribution is -0.239. The molecular formula is C28H30ClNO9. The third kappa shape index (κ3) is 6.12. The third-order valence-electron chi connectivity index (χ3n) is 6.36. The van der Waals surface area contributed by atoms with Crippen LogP contribution in [-0.4, -0.2) is 61.6 Å². The van der Waals surface area contributed by atoms with E-state index in [9.17, 15) is 14.4 Å². The Kier molecular flexibility index (Phi) is 8.66. The van der Waals surface area contributed by atoms with Gasteiger partial charge in [-0.2, -0.15) is 0 Å². The predicted molar refractivity (Wildman–Crippen MR) is 141 cm³/mol. The molecule has 0 amide bonds. The Labute approximate surface area is 230 Å². The van der Waals surface area contributed by atoms with Crippen LogP contribution in [0.3, 0.4) is 0 Å². The van der Waals surface area contributed by atoms with Gasteiger partial charge in [-0.1, -0.05) is 23.7 Å². The van der Waals surface area contributed by atoms with E-state index in [0.29, 0.717) is 28.5 Å². The van der Waals surface area contributed by atoms with Gasteiger partial charge in [-0.05, 0) is 29.3 Å². The molecule has 39 heavy (non-hydrogen) atoms. The summed E-state index contributed by atoms with van der Waals surface area (Å²) in [5, 5.41) is 1.29. The van der Waals surface area contributed by atoms with E-state index in [1.165, 1.54) is 20.8 Å². The number of rotatable bonds is 8. The van der Waals surface area contributed by atoms with Crippen molar-refractivity contribution >= 4 is 40.4 Å². The summed E-state index contributed by atoms with van der Waals surface area (Å²) in [4.78, 5) is 35.9. The zero-order chi connectivity index (χ0) is 28.3. The standard InChI is InChI=1S/C28H30ClNO9/c1-15(31)37-24-14-36-28(27(39-17(3)33)26(24)38-16(2)32)30-13-19(25-21(29)7-6-8-22(25)30)11-18-9-10-20(34-4)12-23(18)35-5/h6-10,12-13,24,26-28H,11,14H2,1-5H3/t24-,26+,27-,28-/m1/s1. The first-order valence-electron chi connectivity index (χ1n) is 12.2. The van der Waals surface area contributed by atoms with Gasteiger partial charge in [-0.3, -0.25) is 14.4 Å². The van der Waals surface area contributed by atoms with Gasteiger partial charge in [0.25, 0.3) is 0 Å². The molecule has 10 nitrogen and oxygen atoms in total. The van der Waals surface area contributed by atoms with Crippen LogP contribution in [-0.2, 0) is 39.8 Å². The fraction of sp³-hybridized carbons (Fsp3) is 0.393. The number of carbonyl (C=O) groups excluding carboxylic acids is 3. The molecule has 0 spiro atoms. The summed E-state index contributed by atoms with van der Waals surface area (Å²) in [5.41, 5.74) is 2.46. The number of benzene rings is 2. The first-order chi connectivity index (χ1) is 18.6. The second-order valence-corrected chi connectivity index (χ2v) is 9.48. The first kappa shape index (κ1) is 28.3. The van der Waals surface area contributed by atoms with Crippen molar-refractivity contribution in [3.63, 3.8) is 0 Å². The van der Waals surface area contributed by atoms with Crippen LogP contribution in [0, 0.1) is 0 Å². The van der Waals surface area contributed by atoms with Crippen LogP contribution < -0.4 is 9.47 Å². The van der Waals surface area contributed by atoms with Crippen LogP contribution >= 0.6 is 11.6 Å². The van der Waals surface area contributed by atoms with E-state index >= 15 is 0 Å². The maximum Gasteiger partial charge on any atom is 0.303 e. The van der Waals surface area contributed by atoms with E-state index in [4.69, 9.17) is 40.0 Å². The number of fused-ring (bicyclic) bond motifs is 1. The Morgan fingerprint density at radius 1 is 0.923 bits per heavy atom. The zero-order valence-electron chi connectivity index (χ0n) is 22.3. The van der Waals surface area contributed by atoms with Crippen molar-refractivity contribution in [2.45, 2.75) is 51.7 Å². The highest BCUT2D eigenvalue weighted by molar-refractivity contribution is 6.35. The Morgan fingerprint density at radius 3 is 2.26 bits per heavy atom. The van der Waals surface area contributed by atoms with Crippen LogP contribution in [0.15, 0.2) is 42.6 Å². The van der Waals surface area contributed by atoms with Crippen LogP contribution in [0.4, 0.5) is 0 Å². The predicted octanol–water partition coefficient (Wildman–Crippen LogP) is 4.23. The molecule has 208 valence electrons. The first-order valence-corrected chi connectivity index (χ1v) is 12.6. The van der Waals surface area contributed by atoms with E-state index < -0.39 is 42.4 Å². The van der Waals surface area contributed by atoms with Gasteiger partial charge in [0, 0.05) is 44.8 Å². The van der Waals surface area contributed by atoms with Crippen LogP contribution in [0.25, 0.3) is 10.9 Å². The Hall–Kier alpha value is -3.76. The molecule has 2 aromatic carbocycles. The summed E-state index contributed by atoms with van der Waals surface area (Å²) in [5.74, 6) is -0.521. The van der Waals surface area contributed by atoms with E-state index in [1.807, 2.05) is 24.4 Å². The summed E-state index contributed by atoms with van der Waals surface area (Å²) < 4.78 is 35.3. The second-order valence-electron chi connectivity index (χ2n) is 9.07. The number of nitrogens with zero attached hydrogens (tertiary/aromatic N) is 1. The Balaban J connectivity index is 1.81. The highest BCUT2D eigenvalue weighted by Crippen LogP contribution is 2.38. The average Bonchev–Trinajstić information content (AvgIpc) is 3.24. The number of carbonyl (C=O) groups is 3. The molecule has 2 heterocycles. The molecule has 0 aliphatic carbocycles. The number of esters is 3. The smallest absolute Gasteiger partial charge is 0.303 e. The van der Waals surface area contributed by atoms with E-state index in [2.05, 4.69) is 0 Å². The van der Waals surface area contributed by atoms with Gasteiger partial charge in [0.15, 0.2) is 24.5 Å². The molecule has 1 aliphatic rings. The molecule has 3 aromatic rings. The van der Waals surface area contributed by atoms with Crippen LogP contribution in [0.2, 0.25) is 5.02 Å². The van der Waals surface area contributed by atoms with Crippen LogP contribution in [0.5, 0.6) is 11.5 Å². The van der Waals surface area contributed by atoms with Crippen molar-refractivity contribution in [2.24, 2.45) is 0 Å². The molecular weight excluding hydrogens is 530 g/mol. The molecule has 0 bridgehead atoms. The van der Waals surface area contributed by atoms with Crippen molar-refractivity contribution in [3.05, 3.63) is 58.7 Å². The van der Waals surface area contributed by atoms with Crippen molar-refractivity contribution in [1.29, 1.82) is 0 Å². The molecule has 0 unspecified atom stereocenters. The van der Waals surface area contributed by atoms with Crippen molar-refractivity contribution in [1.82, 2.24) is 4.57 Å². The minimum atomic E-state index is -1.12. The summed E-state index contributed by atoms with van der Waals surface area (Å²) in [6, 6.07) is 11.0. The van der Waals surface area contributed by atoms with Gasteiger partial charge in [0.2, 0.25) is 0 Å². The van der Waals surface area contributed by atoms with Crippen LogP contribution in [0.1, 0.15) is 38.1 Å². The van der Waals surface area contributed by atoms with Crippen molar-refractivity contribution in [3.8, 4) is 11.5 Å². The lowest BCUT2D eigenvalue weighted by Gasteiger charge is -2.41. The number of methoxy groups -OCH3 is 2. The van der Waals surface area contributed by atoms with E-state index in [1.54, 1.807) is 37.0 Å². The van der Waals surface area contributed by atoms with Gasteiger partial charge in [0.1, 0.15) is 11.5 Å². The molecule has 0 N–H and O–H groups in total. The SMILES string of the molecule is COc1ccc(Cc2cn([C@@H]3OC[C@@H](OC(C)=O)[C@H](OC(C)=O)[C@H]3OC(C)=O)c3cccc(Cl)c23)c(OC)c1. The quantitative estimate of drug-likeness (QED) is 0.296. The minimum Gasteiger partial charge on any atom is -0.497 e. The fourth-order valence-electron chi connectivity index (χ4n) is 4.86. The van der Waals surface area contributed by atoms with Crippen molar-refractivity contribution < 1.29 is 42.8 Å². The minimum absolute atomic E-state index is 0.0954. The highest BCUT2D eigenvalue weighted by Gasteiger charge is 2.48. The zero-order valence-corrected chi connectivity index (χ0v) is 23.0. The number of ether oxygens (including phenoxy) is 6. The van der Waals surface area contributed by atoms with Gasteiger partial charge < -0.3 is 33.0 Å². The van der Waals surface area contributed by atoms with E-state index in [0.717, 1.165) is 16.5 Å². The number of hydrogen-bond donors (Lipinski definition) is 0. The molecule has 1 fully saturated rings. The lowest BCUT2D eigenvalue weighted by atomic mass is 10.0. The Morgan fingerprint density at radius 2 is 1.62 bits per heavy atom. The second kappa shape index (κ2) is 12.0. The molecule has 4 atom stereocenters. The number of hydrogen-bond acceptors (Lipinski definition) is 9. The number of halogens is 1. The molecule has 0 radical (unpaired) electrons. The van der Waals surface area contributed by atoms with Gasteiger partial charge in [-0.25, -0.2) is 0 Å². The topological polar surface area (TPSA) is 112 Å². The molecule has 0 saturated carbocycles. The molecule has 1 saturated heterocycles. The summed E-state index contributed by atoms with van der Waals surface area (Å²) >= 11 is 6.68. The fourth-order valence-corrected chi connectivity index (χ4v) is 5.15. The number of aromatic nitrogens is 1. The molecule has 1 aromatic heterocycles.